The molecule has 114 valence electrons. The number of β-amino-alcohol motifs (C(OH)–C–C–N with tert-alkyl or cyclic N) is 1. The van der Waals surface area contributed by atoms with Crippen molar-refractivity contribution in [2.45, 2.75) is 44.0 Å². The highest BCUT2D eigenvalue weighted by atomic mass is 32.1. The molecule has 1 aliphatic heterocycles. The number of rotatable bonds is 4. The molecule has 2 N–H and O–H groups in total. The Morgan fingerprint density at radius 3 is 2.76 bits per heavy atom. The minimum atomic E-state index is -1.05. The van der Waals surface area contributed by atoms with Crippen molar-refractivity contribution in [3.8, 4) is 0 Å². The zero-order chi connectivity index (χ0) is 15.0. The number of nitrogens with zero attached hydrogens (tertiary/aromatic N) is 2. The fourth-order valence-corrected chi connectivity index (χ4v) is 3.40. The number of urea groups is 1. The van der Waals surface area contributed by atoms with Crippen LogP contribution in [0.4, 0.5) is 4.79 Å². The summed E-state index contributed by atoms with van der Waals surface area (Å²) >= 11 is 1.58. The van der Waals surface area contributed by atoms with E-state index in [0.717, 1.165) is 18.4 Å². The number of carboxylic acid groups (broad SMARTS) is 1. The molecular formula is C14H18N2O4S. The van der Waals surface area contributed by atoms with Crippen molar-refractivity contribution in [2.75, 3.05) is 6.54 Å². The molecule has 1 saturated carbocycles. The van der Waals surface area contributed by atoms with Crippen LogP contribution in [-0.4, -0.2) is 56.7 Å². The van der Waals surface area contributed by atoms with E-state index in [9.17, 15) is 19.8 Å². The SMILES string of the molecule is O=C(O)[C@@H]1CC(O)CN1C(=O)N(Cc1ccsc1)C1CC1. The van der Waals surface area contributed by atoms with Crippen molar-refractivity contribution in [3.05, 3.63) is 22.4 Å². The molecule has 0 radical (unpaired) electrons. The molecular weight excluding hydrogens is 292 g/mol. The number of aliphatic hydroxyl groups excluding tert-OH is 1. The normalized spacial score (nSPS) is 25.1. The number of amides is 2. The first-order valence-corrected chi connectivity index (χ1v) is 7.99. The maximum atomic E-state index is 12.7. The van der Waals surface area contributed by atoms with Gasteiger partial charge in [0.15, 0.2) is 0 Å². The average molecular weight is 310 g/mol. The number of aliphatic carboxylic acids is 1. The molecule has 2 atom stereocenters. The van der Waals surface area contributed by atoms with Gasteiger partial charge in [-0.25, -0.2) is 9.59 Å². The molecule has 21 heavy (non-hydrogen) atoms. The number of carbonyl (C=O) groups excluding carboxylic acids is 1. The third kappa shape index (κ3) is 3.03. The van der Waals surface area contributed by atoms with Crippen LogP contribution in [-0.2, 0) is 11.3 Å². The standard InChI is InChI=1S/C14H18N2O4S/c17-11-5-12(13(18)19)16(7-11)14(20)15(10-1-2-10)6-9-3-4-21-8-9/h3-4,8,10-12,17H,1-2,5-7H2,(H,18,19)/t11?,12-/m0/s1. The van der Waals surface area contributed by atoms with Gasteiger partial charge < -0.3 is 20.0 Å². The quantitative estimate of drug-likeness (QED) is 0.879. The summed E-state index contributed by atoms with van der Waals surface area (Å²) in [5.74, 6) is -1.05. The zero-order valence-electron chi connectivity index (χ0n) is 11.5. The summed E-state index contributed by atoms with van der Waals surface area (Å²) in [4.78, 5) is 27.0. The molecule has 1 unspecified atom stereocenters. The third-order valence-corrected chi connectivity index (χ3v) is 4.71. The van der Waals surface area contributed by atoms with Crippen molar-refractivity contribution >= 4 is 23.3 Å². The van der Waals surface area contributed by atoms with E-state index in [1.54, 1.807) is 16.2 Å². The largest absolute Gasteiger partial charge is 0.480 e. The van der Waals surface area contributed by atoms with Crippen LogP contribution in [0.2, 0.25) is 0 Å². The smallest absolute Gasteiger partial charge is 0.326 e. The summed E-state index contributed by atoms with van der Waals surface area (Å²) in [5.41, 5.74) is 1.06. The molecule has 2 amide bonds. The van der Waals surface area contributed by atoms with Gasteiger partial charge in [0.1, 0.15) is 6.04 Å². The lowest BCUT2D eigenvalue weighted by Gasteiger charge is -2.30. The van der Waals surface area contributed by atoms with E-state index in [-0.39, 0.29) is 25.0 Å². The lowest BCUT2D eigenvalue weighted by atomic mass is 10.2. The van der Waals surface area contributed by atoms with Crippen molar-refractivity contribution < 1.29 is 19.8 Å². The Bertz CT molecular complexity index is 529. The van der Waals surface area contributed by atoms with E-state index in [4.69, 9.17) is 0 Å². The van der Waals surface area contributed by atoms with Gasteiger partial charge in [-0.3, -0.25) is 0 Å². The number of hydrogen-bond donors (Lipinski definition) is 2. The van der Waals surface area contributed by atoms with E-state index in [0.29, 0.717) is 6.54 Å². The molecule has 1 aromatic rings. The summed E-state index contributed by atoms with van der Waals surface area (Å²) in [6.07, 6.45) is 1.28. The van der Waals surface area contributed by atoms with E-state index in [1.807, 2.05) is 16.8 Å². The van der Waals surface area contributed by atoms with Crippen LogP contribution in [0.1, 0.15) is 24.8 Å². The van der Waals surface area contributed by atoms with Crippen LogP contribution in [0.15, 0.2) is 16.8 Å². The Morgan fingerprint density at radius 1 is 1.43 bits per heavy atom. The van der Waals surface area contributed by atoms with Crippen molar-refractivity contribution in [1.29, 1.82) is 0 Å². The van der Waals surface area contributed by atoms with Crippen LogP contribution in [0.5, 0.6) is 0 Å². The van der Waals surface area contributed by atoms with Crippen molar-refractivity contribution in [2.24, 2.45) is 0 Å². The van der Waals surface area contributed by atoms with Gasteiger partial charge in [-0.1, -0.05) is 0 Å². The highest BCUT2D eigenvalue weighted by Crippen LogP contribution is 2.31. The highest BCUT2D eigenvalue weighted by molar-refractivity contribution is 7.07. The van der Waals surface area contributed by atoms with Gasteiger partial charge in [0.2, 0.25) is 0 Å². The van der Waals surface area contributed by atoms with Crippen LogP contribution in [0.25, 0.3) is 0 Å². The molecule has 1 saturated heterocycles. The number of thiophene rings is 1. The number of likely N-dealkylation sites (tertiary alicyclic amines) is 1. The molecule has 2 aliphatic rings. The van der Waals surface area contributed by atoms with Gasteiger partial charge in [-0.15, -0.1) is 0 Å². The molecule has 6 nitrogen and oxygen atoms in total. The zero-order valence-corrected chi connectivity index (χ0v) is 12.3. The third-order valence-electron chi connectivity index (χ3n) is 3.98. The fourth-order valence-electron chi connectivity index (χ4n) is 2.74. The first-order valence-electron chi connectivity index (χ1n) is 7.05. The lowest BCUT2D eigenvalue weighted by molar-refractivity contribution is -0.141. The fraction of sp³-hybridized carbons (Fsp3) is 0.571. The Morgan fingerprint density at radius 2 is 2.19 bits per heavy atom. The molecule has 2 heterocycles. The van der Waals surface area contributed by atoms with E-state index in [2.05, 4.69) is 0 Å². The van der Waals surface area contributed by atoms with Crippen molar-refractivity contribution in [1.82, 2.24) is 9.80 Å². The average Bonchev–Trinajstić information content (AvgIpc) is 2.99. The van der Waals surface area contributed by atoms with Crippen LogP contribution < -0.4 is 0 Å². The predicted octanol–water partition coefficient (Wildman–Crippen LogP) is 1.35. The highest BCUT2D eigenvalue weighted by Gasteiger charge is 2.43. The predicted molar refractivity (Wildman–Crippen MR) is 77.0 cm³/mol. The summed E-state index contributed by atoms with van der Waals surface area (Å²) in [7, 11) is 0. The van der Waals surface area contributed by atoms with Gasteiger partial charge in [0, 0.05) is 25.6 Å². The Hall–Kier alpha value is -1.60. The summed E-state index contributed by atoms with van der Waals surface area (Å²) in [6.45, 7) is 0.606. The van der Waals surface area contributed by atoms with E-state index < -0.39 is 18.1 Å². The Labute approximate surface area is 126 Å². The molecule has 7 heteroatoms. The van der Waals surface area contributed by atoms with Crippen LogP contribution in [0.3, 0.4) is 0 Å². The minimum Gasteiger partial charge on any atom is -0.480 e. The molecule has 0 spiro atoms. The summed E-state index contributed by atoms with van der Waals surface area (Å²) in [6, 6.07) is 0.981. The molecule has 3 rings (SSSR count). The second-order valence-electron chi connectivity index (χ2n) is 5.67. The number of hydrogen-bond acceptors (Lipinski definition) is 4. The second-order valence-corrected chi connectivity index (χ2v) is 6.45. The first kappa shape index (κ1) is 14.3. The molecule has 1 aliphatic carbocycles. The molecule has 0 aromatic carbocycles. The molecule has 0 bridgehead atoms. The van der Waals surface area contributed by atoms with Crippen LogP contribution >= 0.6 is 11.3 Å². The maximum absolute atomic E-state index is 12.7. The summed E-state index contributed by atoms with van der Waals surface area (Å²) in [5, 5.41) is 22.9. The van der Waals surface area contributed by atoms with E-state index in [1.165, 1.54) is 4.90 Å². The maximum Gasteiger partial charge on any atom is 0.326 e. The van der Waals surface area contributed by atoms with Gasteiger partial charge >= 0.3 is 12.0 Å². The van der Waals surface area contributed by atoms with Crippen LogP contribution in [0, 0.1) is 0 Å². The monoisotopic (exact) mass is 310 g/mol. The van der Waals surface area contributed by atoms with E-state index >= 15 is 0 Å². The van der Waals surface area contributed by atoms with Gasteiger partial charge in [-0.2, -0.15) is 11.3 Å². The Balaban J connectivity index is 1.75. The minimum absolute atomic E-state index is 0.0999. The van der Waals surface area contributed by atoms with Gasteiger partial charge in [0.25, 0.3) is 0 Å². The van der Waals surface area contributed by atoms with Crippen molar-refractivity contribution in [3.63, 3.8) is 0 Å². The number of aliphatic hydroxyl groups is 1. The number of carboxylic acids is 1. The van der Waals surface area contributed by atoms with Gasteiger partial charge in [-0.05, 0) is 35.2 Å². The lowest BCUT2D eigenvalue weighted by Crippen LogP contribution is -2.48. The second kappa shape index (κ2) is 5.65. The number of carbonyl (C=O) groups is 2. The van der Waals surface area contributed by atoms with Gasteiger partial charge in [0.05, 0.1) is 6.10 Å². The summed E-state index contributed by atoms with van der Waals surface area (Å²) < 4.78 is 0. The topological polar surface area (TPSA) is 81.1 Å². The molecule has 2 fully saturated rings. The Kier molecular flexibility index (Phi) is 3.86. The first-order chi connectivity index (χ1) is 10.1. The molecule has 1 aromatic heterocycles.